The summed E-state index contributed by atoms with van der Waals surface area (Å²) >= 11 is 0. The molecule has 2 aromatic heterocycles. The highest BCUT2D eigenvalue weighted by atomic mass is 19.2. The van der Waals surface area contributed by atoms with Gasteiger partial charge in [-0.3, -0.25) is 9.55 Å². The molecule has 0 aliphatic heterocycles. The third-order valence-corrected chi connectivity index (χ3v) is 4.92. The maximum atomic E-state index is 13.8. The van der Waals surface area contributed by atoms with Gasteiger partial charge < -0.3 is 10.1 Å². The molecule has 0 amide bonds. The lowest BCUT2D eigenvalue weighted by atomic mass is 10.2. The van der Waals surface area contributed by atoms with Crippen LogP contribution >= 0.6 is 0 Å². The molecule has 1 N–H and O–H groups in total. The van der Waals surface area contributed by atoms with E-state index in [-0.39, 0.29) is 17.2 Å². The lowest BCUT2D eigenvalue weighted by Crippen LogP contribution is -2.41. The van der Waals surface area contributed by atoms with Crippen molar-refractivity contribution in [3.05, 3.63) is 104 Å². The minimum absolute atomic E-state index is 0.0503. The van der Waals surface area contributed by atoms with Crippen molar-refractivity contribution in [3.63, 3.8) is 0 Å². The minimum Gasteiger partial charge on any atom is -0.497 e. The van der Waals surface area contributed by atoms with Crippen molar-refractivity contribution in [1.82, 2.24) is 19.1 Å². The quantitative estimate of drug-likeness (QED) is 0.436. The van der Waals surface area contributed by atoms with Gasteiger partial charge in [0.05, 0.1) is 25.5 Å². The molecule has 0 unspecified atom stereocenters. The van der Waals surface area contributed by atoms with Gasteiger partial charge in [0.25, 0.3) is 0 Å². The number of rotatable bonds is 6. The number of aromatic nitrogens is 4. The van der Waals surface area contributed by atoms with E-state index in [2.05, 4.69) is 15.3 Å². The summed E-state index contributed by atoms with van der Waals surface area (Å²) in [7, 11) is 1.50. The third kappa shape index (κ3) is 4.53. The maximum absolute atomic E-state index is 13.8. The summed E-state index contributed by atoms with van der Waals surface area (Å²) in [4.78, 5) is 34.2. The van der Waals surface area contributed by atoms with Gasteiger partial charge in [0.2, 0.25) is 5.95 Å². The molecular formula is C23H18F3N5O3. The lowest BCUT2D eigenvalue weighted by Gasteiger charge is -2.16. The highest BCUT2D eigenvalue weighted by molar-refractivity contribution is 5.55. The van der Waals surface area contributed by atoms with Gasteiger partial charge in [-0.05, 0) is 60.5 Å². The predicted molar refractivity (Wildman–Crippen MR) is 118 cm³/mol. The summed E-state index contributed by atoms with van der Waals surface area (Å²) < 4.78 is 47.9. The Balaban J connectivity index is 1.87. The smallest absolute Gasteiger partial charge is 0.359 e. The largest absolute Gasteiger partial charge is 0.497 e. The molecule has 0 bridgehead atoms. The van der Waals surface area contributed by atoms with Gasteiger partial charge in [-0.1, -0.05) is 0 Å². The Morgan fingerprint density at radius 3 is 2.29 bits per heavy atom. The second kappa shape index (κ2) is 9.22. The summed E-state index contributed by atoms with van der Waals surface area (Å²) in [5.74, 6) is -4.03. The van der Waals surface area contributed by atoms with Crippen LogP contribution in [0.15, 0.2) is 64.4 Å². The van der Waals surface area contributed by atoms with E-state index in [0.717, 1.165) is 21.3 Å². The monoisotopic (exact) mass is 469 g/mol. The molecule has 174 valence electrons. The molecule has 0 saturated heterocycles. The molecule has 2 aromatic carbocycles. The van der Waals surface area contributed by atoms with Crippen molar-refractivity contribution in [3.8, 4) is 11.4 Å². The number of anilines is 2. The Morgan fingerprint density at radius 1 is 1.00 bits per heavy atom. The standard InChI is InChI=1S/C23H18F3N5O3/c1-13-7-16(11-27-10-13)31-22(32)29-21(28-15-3-5-17(34-2)6-4-15)30(23(31)33)12-14-8-18(24)20(26)19(25)9-14/h3-11H,12H2,1-2H3,(H,28,29,32). The number of aryl methyl sites for hydroxylation is 1. The van der Waals surface area contributed by atoms with E-state index in [1.807, 2.05) is 0 Å². The summed E-state index contributed by atoms with van der Waals surface area (Å²) in [5, 5.41) is 2.86. The van der Waals surface area contributed by atoms with Crippen molar-refractivity contribution in [1.29, 1.82) is 0 Å². The highest BCUT2D eigenvalue weighted by Crippen LogP contribution is 2.20. The van der Waals surface area contributed by atoms with Crippen LogP contribution in [0.3, 0.4) is 0 Å². The molecule has 2 heterocycles. The van der Waals surface area contributed by atoms with Gasteiger partial charge in [0, 0.05) is 11.9 Å². The van der Waals surface area contributed by atoms with Crippen LogP contribution < -0.4 is 21.4 Å². The first-order valence-corrected chi connectivity index (χ1v) is 9.97. The maximum Gasteiger partial charge on any atom is 0.359 e. The van der Waals surface area contributed by atoms with Gasteiger partial charge >= 0.3 is 11.4 Å². The molecule has 0 aliphatic rings. The van der Waals surface area contributed by atoms with Crippen molar-refractivity contribution in [2.75, 3.05) is 12.4 Å². The molecule has 0 aliphatic carbocycles. The fourth-order valence-electron chi connectivity index (χ4n) is 3.30. The van der Waals surface area contributed by atoms with Crippen molar-refractivity contribution < 1.29 is 17.9 Å². The van der Waals surface area contributed by atoms with Crippen LogP contribution in [-0.4, -0.2) is 26.2 Å². The molecule has 0 spiro atoms. The normalized spacial score (nSPS) is 10.9. The van der Waals surface area contributed by atoms with Crippen LogP contribution in [0.5, 0.6) is 5.75 Å². The van der Waals surface area contributed by atoms with Crippen LogP contribution in [-0.2, 0) is 6.54 Å². The second-order valence-electron chi connectivity index (χ2n) is 7.37. The first kappa shape index (κ1) is 22.8. The number of methoxy groups -OCH3 is 1. The molecule has 11 heteroatoms. The van der Waals surface area contributed by atoms with E-state index < -0.39 is 35.4 Å². The van der Waals surface area contributed by atoms with Gasteiger partial charge in [0.1, 0.15) is 5.75 Å². The first-order chi connectivity index (χ1) is 16.3. The Bertz CT molecular complexity index is 1460. The first-order valence-electron chi connectivity index (χ1n) is 9.97. The average molecular weight is 469 g/mol. The van der Waals surface area contributed by atoms with E-state index in [0.29, 0.717) is 17.0 Å². The van der Waals surface area contributed by atoms with E-state index in [9.17, 15) is 22.8 Å². The Morgan fingerprint density at radius 2 is 1.68 bits per heavy atom. The van der Waals surface area contributed by atoms with Crippen LogP contribution in [0.4, 0.5) is 24.8 Å². The number of nitrogens with one attached hydrogen (secondary N) is 1. The van der Waals surface area contributed by atoms with E-state index in [1.54, 1.807) is 43.5 Å². The third-order valence-electron chi connectivity index (χ3n) is 4.92. The van der Waals surface area contributed by atoms with Gasteiger partial charge in [-0.15, -0.1) is 0 Å². The molecule has 34 heavy (non-hydrogen) atoms. The summed E-state index contributed by atoms with van der Waals surface area (Å²) in [6, 6.07) is 9.66. The van der Waals surface area contributed by atoms with E-state index in [4.69, 9.17) is 4.74 Å². The Labute approximate surface area is 190 Å². The fraction of sp³-hybridized carbons (Fsp3) is 0.130. The van der Waals surface area contributed by atoms with Crippen LogP contribution in [0.25, 0.3) is 5.69 Å². The number of hydrogen-bond acceptors (Lipinski definition) is 6. The number of benzene rings is 2. The van der Waals surface area contributed by atoms with Crippen LogP contribution in [0.1, 0.15) is 11.1 Å². The second-order valence-corrected chi connectivity index (χ2v) is 7.37. The molecule has 0 radical (unpaired) electrons. The van der Waals surface area contributed by atoms with Gasteiger partial charge in [-0.25, -0.2) is 27.3 Å². The van der Waals surface area contributed by atoms with Crippen LogP contribution in [0, 0.1) is 24.4 Å². The molecule has 0 atom stereocenters. The zero-order valence-corrected chi connectivity index (χ0v) is 18.1. The van der Waals surface area contributed by atoms with Gasteiger partial charge in [0.15, 0.2) is 17.5 Å². The fourth-order valence-corrected chi connectivity index (χ4v) is 3.30. The molecule has 0 fully saturated rings. The SMILES string of the molecule is COc1ccc(Nc2nc(=O)n(-c3cncc(C)c3)c(=O)n2Cc2cc(F)c(F)c(F)c2)cc1. The van der Waals surface area contributed by atoms with E-state index >= 15 is 0 Å². The number of hydrogen-bond donors (Lipinski definition) is 1. The van der Waals surface area contributed by atoms with Crippen molar-refractivity contribution in [2.24, 2.45) is 0 Å². The number of pyridine rings is 1. The predicted octanol–water partition coefficient (Wildman–Crippen LogP) is 3.32. The Hall–Kier alpha value is -4.41. The molecule has 0 saturated carbocycles. The van der Waals surface area contributed by atoms with Crippen LogP contribution in [0.2, 0.25) is 0 Å². The minimum atomic E-state index is -1.62. The molecule has 4 aromatic rings. The summed E-state index contributed by atoms with van der Waals surface area (Å²) in [6.45, 7) is 1.33. The molecule has 4 rings (SSSR count). The number of ether oxygens (including phenoxy) is 1. The molecule has 8 nitrogen and oxygen atoms in total. The topological polar surface area (TPSA) is 91.0 Å². The number of nitrogens with zero attached hydrogens (tertiary/aromatic N) is 4. The number of halogens is 3. The Kier molecular flexibility index (Phi) is 6.17. The summed E-state index contributed by atoms with van der Waals surface area (Å²) in [6.07, 6.45) is 2.86. The van der Waals surface area contributed by atoms with Gasteiger partial charge in [-0.2, -0.15) is 4.98 Å². The molecular weight excluding hydrogens is 451 g/mol. The average Bonchev–Trinajstić information content (AvgIpc) is 2.80. The zero-order valence-electron chi connectivity index (χ0n) is 18.1. The lowest BCUT2D eigenvalue weighted by molar-refractivity contribution is 0.415. The zero-order chi connectivity index (χ0) is 24.4. The summed E-state index contributed by atoms with van der Waals surface area (Å²) in [5.41, 5.74) is -0.449. The van der Waals surface area contributed by atoms with Crippen molar-refractivity contribution in [2.45, 2.75) is 13.5 Å². The highest BCUT2D eigenvalue weighted by Gasteiger charge is 2.18. The van der Waals surface area contributed by atoms with E-state index in [1.165, 1.54) is 13.3 Å². The van der Waals surface area contributed by atoms with Crippen molar-refractivity contribution >= 4 is 11.6 Å².